The van der Waals surface area contributed by atoms with Gasteiger partial charge in [-0.2, -0.15) is 10.5 Å². The maximum Gasteiger partial charge on any atom is 0.269 e. The number of amides is 2. The summed E-state index contributed by atoms with van der Waals surface area (Å²) in [5, 5.41) is 44.2. The second kappa shape index (κ2) is 12.6. The van der Waals surface area contributed by atoms with E-state index >= 15 is 0 Å². The number of β-lactam (4-membered cyclic amide) rings is 2. The lowest BCUT2D eigenvalue weighted by atomic mass is 9.79. The Kier molecular flexibility index (Phi) is 8.77. The molecular weight excluding hydrogens is 731 g/mol. The van der Waals surface area contributed by atoms with Crippen LogP contribution in [-0.2, 0) is 19.3 Å². The quantitative estimate of drug-likeness (QED) is 0.0512. The first-order valence-electron chi connectivity index (χ1n) is 14.0. The third-order valence-electron chi connectivity index (χ3n) is 8.15. The summed E-state index contributed by atoms with van der Waals surface area (Å²) >= 11 is 14.3. The summed E-state index contributed by atoms with van der Waals surface area (Å²) in [6.45, 7) is 0. The first-order valence-corrected chi connectivity index (χ1v) is 18.2. The molecule has 0 bridgehead atoms. The molecule has 2 heterocycles. The number of nitriles is 2. The van der Waals surface area contributed by atoms with Crippen molar-refractivity contribution < 1.29 is 19.4 Å². The molecule has 2 aliphatic heterocycles. The van der Waals surface area contributed by atoms with E-state index in [1.807, 2.05) is 0 Å². The molecule has 2 aliphatic rings. The average Bonchev–Trinajstić information content (AvgIpc) is 3.13. The number of rotatable bonds is 10. The molecule has 17 heteroatoms. The predicted octanol–water partition coefficient (Wildman–Crippen LogP) is 7.63. The first kappa shape index (κ1) is 34.1. The van der Waals surface area contributed by atoms with Crippen LogP contribution < -0.4 is 9.80 Å². The SMILES string of the molecule is N#C[C@]1(SSS[C@@]2(C#N)N(c3ccc([N+](=O)[O-])cc3)C(=O)[C@]2(Cl)c2ccccc2)N(c2ccc([N+](=O)[O-])cc2)C(=O)[C@]1(Cl)c1ccccc1. The molecule has 4 aromatic carbocycles. The van der Waals surface area contributed by atoms with Crippen LogP contribution in [0.3, 0.4) is 0 Å². The highest BCUT2D eigenvalue weighted by Gasteiger charge is 2.77. The van der Waals surface area contributed by atoms with E-state index in [1.54, 1.807) is 60.7 Å². The van der Waals surface area contributed by atoms with Crippen LogP contribution in [0.1, 0.15) is 11.1 Å². The Labute approximate surface area is 299 Å². The number of non-ortho nitro benzene ring substituents is 2. The summed E-state index contributed by atoms with van der Waals surface area (Å²) in [6, 6.07) is 30.9. The number of hydrogen-bond donors (Lipinski definition) is 0. The number of nitrogens with zero attached hydrogens (tertiary/aromatic N) is 6. The molecule has 12 nitrogen and oxygen atoms in total. The predicted molar refractivity (Wildman–Crippen MR) is 189 cm³/mol. The maximum atomic E-state index is 13.9. The number of halogens is 2. The first-order chi connectivity index (χ1) is 23.4. The summed E-state index contributed by atoms with van der Waals surface area (Å²) in [6.07, 6.45) is 0. The second-order valence-electron chi connectivity index (χ2n) is 10.6. The fourth-order valence-electron chi connectivity index (χ4n) is 5.70. The van der Waals surface area contributed by atoms with E-state index in [1.165, 1.54) is 48.5 Å². The molecule has 0 N–H and O–H groups in total. The molecule has 0 saturated carbocycles. The Balaban J connectivity index is 1.41. The van der Waals surface area contributed by atoms with Crippen molar-refractivity contribution in [1.29, 1.82) is 10.5 Å². The van der Waals surface area contributed by atoms with E-state index < -0.39 is 41.2 Å². The van der Waals surface area contributed by atoms with Crippen LogP contribution >= 0.6 is 54.6 Å². The largest absolute Gasteiger partial charge is 0.279 e. The van der Waals surface area contributed by atoms with Crippen LogP contribution in [0.4, 0.5) is 22.7 Å². The zero-order chi connectivity index (χ0) is 35.2. The van der Waals surface area contributed by atoms with Crippen molar-refractivity contribution in [3.8, 4) is 12.1 Å². The highest BCUT2D eigenvalue weighted by Crippen LogP contribution is 2.69. The van der Waals surface area contributed by atoms with Gasteiger partial charge < -0.3 is 0 Å². The molecule has 6 rings (SSSR count). The molecule has 2 amide bonds. The Morgan fingerprint density at radius 1 is 0.592 bits per heavy atom. The van der Waals surface area contributed by atoms with Gasteiger partial charge in [-0.1, -0.05) is 83.9 Å². The number of carbonyl (C=O) groups is 2. The van der Waals surface area contributed by atoms with E-state index in [-0.39, 0.29) is 22.7 Å². The van der Waals surface area contributed by atoms with Gasteiger partial charge in [0, 0.05) is 35.6 Å². The van der Waals surface area contributed by atoms with E-state index in [4.69, 9.17) is 23.2 Å². The van der Waals surface area contributed by atoms with Gasteiger partial charge in [-0.15, -0.1) is 0 Å². The molecule has 49 heavy (non-hydrogen) atoms. The summed E-state index contributed by atoms with van der Waals surface area (Å²) in [4.78, 5) is 43.9. The van der Waals surface area contributed by atoms with Crippen molar-refractivity contribution in [2.75, 3.05) is 9.80 Å². The molecule has 4 aromatic rings. The van der Waals surface area contributed by atoms with Crippen LogP contribution in [0.25, 0.3) is 0 Å². The normalized spacial score (nSPS) is 25.8. The molecular formula is C32H18Cl2N6O6S3. The van der Waals surface area contributed by atoms with Gasteiger partial charge in [0.25, 0.3) is 23.2 Å². The molecule has 0 spiro atoms. The summed E-state index contributed by atoms with van der Waals surface area (Å²) in [5.74, 6) is -1.32. The fourth-order valence-corrected chi connectivity index (χ4v) is 12.5. The number of anilines is 2. The van der Waals surface area contributed by atoms with E-state index in [2.05, 4.69) is 12.1 Å². The molecule has 0 unspecified atom stereocenters. The molecule has 0 radical (unpaired) electrons. The smallest absolute Gasteiger partial charge is 0.269 e. The minimum atomic E-state index is -1.94. The molecule has 244 valence electrons. The second-order valence-corrected chi connectivity index (χ2v) is 16.0. The summed E-state index contributed by atoms with van der Waals surface area (Å²) < 4.78 is 0. The van der Waals surface area contributed by atoms with Gasteiger partial charge in [0.05, 0.1) is 9.85 Å². The van der Waals surface area contributed by atoms with Gasteiger partial charge >= 0.3 is 0 Å². The van der Waals surface area contributed by atoms with Gasteiger partial charge in [0.1, 0.15) is 12.1 Å². The average molecular weight is 750 g/mol. The topological polar surface area (TPSA) is 174 Å². The van der Waals surface area contributed by atoms with Crippen LogP contribution in [0.2, 0.25) is 0 Å². The molecule has 2 saturated heterocycles. The molecule has 0 aromatic heterocycles. The highest BCUT2D eigenvalue weighted by atomic mass is 35.5. The number of alkyl halides is 2. The van der Waals surface area contributed by atoms with Crippen molar-refractivity contribution in [2.24, 2.45) is 0 Å². The van der Waals surface area contributed by atoms with Crippen LogP contribution in [0.5, 0.6) is 0 Å². The number of nitro groups is 2. The Hall–Kier alpha value is -4.77. The lowest BCUT2D eigenvalue weighted by molar-refractivity contribution is -0.385. The van der Waals surface area contributed by atoms with Gasteiger partial charge in [0.2, 0.25) is 9.74 Å². The van der Waals surface area contributed by atoms with E-state index in [9.17, 15) is 40.3 Å². The Morgan fingerprint density at radius 2 is 0.918 bits per heavy atom. The van der Waals surface area contributed by atoms with Crippen molar-refractivity contribution in [3.63, 3.8) is 0 Å². The van der Waals surface area contributed by atoms with Gasteiger partial charge in [-0.05, 0) is 66.8 Å². The maximum absolute atomic E-state index is 13.9. The van der Waals surface area contributed by atoms with E-state index in [0.29, 0.717) is 11.1 Å². The van der Waals surface area contributed by atoms with Gasteiger partial charge in [-0.25, -0.2) is 0 Å². The monoisotopic (exact) mass is 748 g/mol. The van der Waals surface area contributed by atoms with Crippen molar-refractivity contribution in [3.05, 3.63) is 141 Å². The standard InChI is InChI=1S/C32H18Cl2N6O6S3/c33-31(21-7-3-1-4-8-21)27(41)37(23-11-15-25(16-12-23)39(43)44)29(31,19-35)47-49-48-30(20-36)32(34,22-9-5-2-6-10-22)28(42)38(30)24-13-17-26(18-14-24)40(45)46/h1-18H/t29-,30-,31-,32-/m1/s1. The number of carbonyl (C=O) groups excluding carboxylic acids is 2. The zero-order valence-corrected chi connectivity index (χ0v) is 28.5. The third-order valence-corrected chi connectivity index (χ3v) is 14.5. The number of nitro benzene ring substituents is 2. The molecule has 0 aliphatic carbocycles. The van der Waals surface area contributed by atoms with Crippen LogP contribution in [0.15, 0.2) is 109 Å². The van der Waals surface area contributed by atoms with Gasteiger partial charge in [-0.3, -0.25) is 39.6 Å². The number of hydrogen-bond acceptors (Lipinski definition) is 11. The Bertz CT molecular complexity index is 1940. The van der Waals surface area contributed by atoms with Crippen molar-refractivity contribution >= 4 is 89.2 Å². The number of benzene rings is 4. The van der Waals surface area contributed by atoms with Crippen LogP contribution in [-0.4, -0.2) is 31.4 Å². The van der Waals surface area contributed by atoms with Crippen molar-refractivity contribution in [1.82, 2.24) is 0 Å². The highest BCUT2D eigenvalue weighted by molar-refractivity contribution is 9.10. The van der Waals surface area contributed by atoms with Crippen LogP contribution in [0, 0.1) is 42.9 Å². The lowest BCUT2D eigenvalue weighted by Gasteiger charge is -2.58. The zero-order valence-electron chi connectivity index (χ0n) is 24.5. The van der Waals surface area contributed by atoms with Crippen molar-refractivity contribution in [2.45, 2.75) is 19.5 Å². The third kappa shape index (κ3) is 4.84. The minimum absolute atomic E-state index is 0.166. The summed E-state index contributed by atoms with van der Waals surface area (Å²) in [7, 11) is 2.58. The Morgan fingerprint density at radius 3 is 1.20 bits per heavy atom. The molecule has 4 atom stereocenters. The fraction of sp³-hybridized carbons (Fsp3) is 0.125. The molecule has 2 fully saturated rings. The van der Waals surface area contributed by atoms with Gasteiger partial charge in [0.15, 0.2) is 9.75 Å². The minimum Gasteiger partial charge on any atom is -0.279 e. The lowest BCUT2D eigenvalue weighted by Crippen LogP contribution is -2.77. The van der Waals surface area contributed by atoms with E-state index in [0.717, 1.165) is 41.2 Å². The summed E-state index contributed by atoms with van der Waals surface area (Å²) in [5.41, 5.74) is 0.509.